The molecular formula is C7H13Rh-. The quantitative estimate of drug-likeness (QED) is 0.416. The van der Waals surface area contributed by atoms with E-state index < -0.39 is 0 Å². The molecule has 0 aromatic heterocycles. The van der Waals surface area contributed by atoms with Gasteiger partial charge in [0.05, 0.1) is 0 Å². The molecule has 0 heterocycles. The van der Waals surface area contributed by atoms with Crippen molar-refractivity contribution in [2.75, 3.05) is 0 Å². The van der Waals surface area contributed by atoms with Crippen LogP contribution in [-0.4, -0.2) is 0 Å². The number of rotatable bonds is 0. The molecule has 1 heteroatoms. The second-order valence-corrected chi connectivity index (χ2v) is 2.55. The standard InChI is InChI=1S/C7H13.Rh/c1-7-5-3-2-4-6-7;/h2,7H,3-6H2,1H3;/q-1;. The second-order valence-electron chi connectivity index (χ2n) is 2.55. The normalized spacial score (nSPS) is 22.1. The van der Waals surface area contributed by atoms with Crippen LogP contribution < -0.4 is 0 Å². The Morgan fingerprint density at radius 2 is 1.75 bits per heavy atom. The molecule has 1 aliphatic rings. The Bertz CT molecular complexity index is 46.3. The largest absolute Gasteiger partial charge is 0.328 e. The Morgan fingerprint density at radius 3 is 2.00 bits per heavy atom. The summed E-state index contributed by atoms with van der Waals surface area (Å²) in [6.45, 7) is 2.34. The van der Waals surface area contributed by atoms with Crippen LogP contribution in [0.2, 0.25) is 0 Å². The van der Waals surface area contributed by atoms with Crippen LogP contribution in [0.4, 0.5) is 0 Å². The molecule has 0 amide bonds. The van der Waals surface area contributed by atoms with Crippen molar-refractivity contribution >= 4 is 0 Å². The van der Waals surface area contributed by atoms with Crippen molar-refractivity contribution in [1.82, 2.24) is 0 Å². The topological polar surface area (TPSA) is 0 Å². The van der Waals surface area contributed by atoms with Crippen molar-refractivity contribution < 1.29 is 19.5 Å². The van der Waals surface area contributed by atoms with Crippen molar-refractivity contribution in [3.05, 3.63) is 6.42 Å². The molecule has 0 aliphatic heterocycles. The van der Waals surface area contributed by atoms with Gasteiger partial charge in [0.1, 0.15) is 0 Å². The first kappa shape index (κ1) is 8.62. The molecule has 0 aromatic carbocycles. The monoisotopic (exact) mass is 200 g/mol. The summed E-state index contributed by atoms with van der Waals surface area (Å²) in [4.78, 5) is 0. The van der Waals surface area contributed by atoms with Gasteiger partial charge < -0.3 is 6.42 Å². The summed E-state index contributed by atoms with van der Waals surface area (Å²) >= 11 is 0. The molecule has 0 spiro atoms. The van der Waals surface area contributed by atoms with Gasteiger partial charge in [-0.25, -0.2) is 0 Å². The van der Waals surface area contributed by atoms with Crippen LogP contribution >= 0.6 is 0 Å². The molecule has 0 aromatic rings. The third kappa shape index (κ3) is 2.82. The Labute approximate surface area is 64.8 Å². The van der Waals surface area contributed by atoms with Crippen molar-refractivity contribution in [3.8, 4) is 0 Å². The molecule has 0 bridgehead atoms. The molecule has 1 rings (SSSR count). The van der Waals surface area contributed by atoms with Crippen LogP contribution in [0.5, 0.6) is 0 Å². The van der Waals surface area contributed by atoms with E-state index in [0.717, 1.165) is 5.92 Å². The summed E-state index contributed by atoms with van der Waals surface area (Å²) in [5.41, 5.74) is 0. The SMILES string of the molecule is CC1CC[CH-]CC1.[Rh]. The average Bonchev–Trinajstić information content (AvgIpc) is 1.69. The maximum absolute atomic E-state index is 2.40. The Morgan fingerprint density at radius 1 is 1.25 bits per heavy atom. The summed E-state index contributed by atoms with van der Waals surface area (Å²) in [5, 5.41) is 0. The minimum atomic E-state index is 0. The fourth-order valence-corrected chi connectivity index (χ4v) is 1.09. The molecular weight excluding hydrogens is 187 g/mol. The van der Waals surface area contributed by atoms with Crippen molar-refractivity contribution in [3.63, 3.8) is 0 Å². The zero-order valence-electron chi connectivity index (χ0n) is 5.32. The molecule has 1 fully saturated rings. The van der Waals surface area contributed by atoms with E-state index >= 15 is 0 Å². The van der Waals surface area contributed by atoms with Crippen LogP contribution in [-0.2, 0) is 19.5 Å². The van der Waals surface area contributed by atoms with Gasteiger partial charge in [-0.05, 0) is 5.92 Å². The van der Waals surface area contributed by atoms with Gasteiger partial charge in [-0.2, -0.15) is 12.8 Å². The van der Waals surface area contributed by atoms with Gasteiger partial charge in [0.25, 0.3) is 0 Å². The van der Waals surface area contributed by atoms with E-state index in [4.69, 9.17) is 0 Å². The van der Waals surface area contributed by atoms with Gasteiger partial charge in [0.2, 0.25) is 0 Å². The maximum atomic E-state index is 2.40. The van der Waals surface area contributed by atoms with Crippen LogP contribution in [0.15, 0.2) is 0 Å². The molecule has 0 nitrogen and oxygen atoms in total. The molecule has 1 aliphatic carbocycles. The Hall–Kier alpha value is 0.623. The van der Waals surface area contributed by atoms with Gasteiger partial charge in [-0.3, -0.25) is 0 Å². The number of hydrogen-bond acceptors (Lipinski definition) is 0. The Balaban J connectivity index is 0.000000490. The summed E-state index contributed by atoms with van der Waals surface area (Å²) in [5.74, 6) is 1.00. The molecule has 1 radical (unpaired) electrons. The molecule has 8 heavy (non-hydrogen) atoms. The Kier molecular flexibility index (Phi) is 4.85. The summed E-state index contributed by atoms with van der Waals surface area (Å²) in [6, 6.07) is 0. The molecule has 0 unspecified atom stereocenters. The van der Waals surface area contributed by atoms with Crippen LogP contribution in [0, 0.1) is 12.3 Å². The third-order valence-electron chi connectivity index (χ3n) is 1.73. The van der Waals surface area contributed by atoms with E-state index in [2.05, 4.69) is 13.3 Å². The van der Waals surface area contributed by atoms with Crippen LogP contribution in [0.3, 0.4) is 0 Å². The van der Waals surface area contributed by atoms with Gasteiger partial charge >= 0.3 is 0 Å². The maximum Gasteiger partial charge on any atom is 0 e. The van der Waals surface area contributed by atoms with E-state index in [-0.39, 0.29) is 19.5 Å². The van der Waals surface area contributed by atoms with Crippen molar-refractivity contribution in [2.45, 2.75) is 32.6 Å². The van der Waals surface area contributed by atoms with Gasteiger partial charge in [0.15, 0.2) is 0 Å². The fourth-order valence-electron chi connectivity index (χ4n) is 1.09. The molecule has 51 valence electrons. The summed E-state index contributed by atoms with van der Waals surface area (Å²) < 4.78 is 0. The zero-order valence-corrected chi connectivity index (χ0v) is 6.96. The average molecular weight is 200 g/mol. The van der Waals surface area contributed by atoms with E-state index in [1.54, 1.807) is 0 Å². The zero-order chi connectivity index (χ0) is 5.11. The van der Waals surface area contributed by atoms with E-state index in [1.165, 1.54) is 25.7 Å². The van der Waals surface area contributed by atoms with E-state index in [9.17, 15) is 0 Å². The van der Waals surface area contributed by atoms with Gasteiger partial charge in [-0.15, -0.1) is 0 Å². The van der Waals surface area contributed by atoms with E-state index in [0.29, 0.717) is 0 Å². The van der Waals surface area contributed by atoms with Crippen molar-refractivity contribution in [1.29, 1.82) is 0 Å². The van der Waals surface area contributed by atoms with Gasteiger partial charge in [0, 0.05) is 19.5 Å². The predicted molar refractivity (Wildman–Crippen MR) is 31.9 cm³/mol. The van der Waals surface area contributed by atoms with Crippen LogP contribution in [0.1, 0.15) is 32.6 Å². The third-order valence-corrected chi connectivity index (χ3v) is 1.73. The summed E-state index contributed by atoms with van der Waals surface area (Å²) in [7, 11) is 0. The van der Waals surface area contributed by atoms with Gasteiger partial charge in [-0.1, -0.05) is 19.8 Å². The minimum absolute atomic E-state index is 0. The first-order valence-electron chi connectivity index (χ1n) is 3.21. The smallest absolute Gasteiger partial charge is 0 e. The fraction of sp³-hybridized carbons (Fsp3) is 0.857. The molecule has 1 saturated carbocycles. The molecule has 0 saturated heterocycles. The van der Waals surface area contributed by atoms with E-state index in [1.807, 2.05) is 0 Å². The predicted octanol–water partition coefficient (Wildman–Crippen LogP) is 2.40. The first-order valence-corrected chi connectivity index (χ1v) is 3.21. The first-order chi connectivity index (χ1) is 3.39. The van der Waals surface area contributed by atoms with Crippen LogP contribution in [0.25, 0.3) is 0 Å². The summed E-state index contributed by atoms with van der Waals surface area (Å²) in [6.07, 6.45) is 7.99. The molecule has 0 N–H and O–H groups in total. The minimum Gasteiger partial charge on any atom is -0.328 e. The molecule has 0 atom stereocenters. The number of hydrogen-bond donors (Lipinski definition) is 0. The van der Waals surface area contributed by atoms with Crippen molar-refractivity contribution in [2.24, 2.45) is 5.92 Å². The second kappa shape index (κ2) is 4.50.